The molecule has 1 rings (SSSR count). The Kier molecular flexibility index (Phi) is 10.2. The van der Waals surface area contributed by atoms with Crippen molar-refractivity contribution in [2.75, 3.05) is 24.8 Å². The van der Waals surface area contributed by atoms with Crippen LogP contribution >= 0.6 is 0 Å². The lowest BCUT2D eigenvalue weighted by atomic mass is 10.1. The average Bonchev–Trinajstić information content (AvgIpc) is 2.62. The molecule has 0 aliphatic heterocycles. The van der Waals surface area contributed by atoms with Gasteiger partial charge >= 0.3 is 0 Å². The summed E-state index contributed by atoms with van der Waals surface area (Å²) >= 11 is 0. The van der Waals surface area contributed by atoms with Gasteiger partial charge < -0.3 is 25.0 Å². The first-order valence-corrected chi connectivity index (χ1v) is 13.9. The number of aryl methyl sites for hydroxylation is 1. The molecular formula is C22H42N4O3Si. The Morgan fingerprint density at radius 1 is 1.23 bits per heavy atom. The molecule has 0 bridgehead atoms. The van der Waals surface area contributed by atoms with Crippen LogP contribution in [0.2, 0.25) is 18.1 Å². The van der Waals surface area contributed by atoms with E-state index in [4.69, 9.17) is 14.9 Å². The summed E-state index contributed by atoms with van der Waals surface area (Å²) in [5, 5.41) is 3.71. The number of rotatable bonds is 13. The SMILES string of the molecule is CCCC[C@@H](CCO[Si](C)(C)C(C)(C)C)Nc1nc(N)nc(CCC(C)=O)c1OC. The molecule has 0 amide bonds. The number of carbonyl (C=O) groups is 1. The molecular weight excluding hydrogens is 396 g/mol. The Morgan fingerprint density at radius 2 is 1.90 bits per heavy atom. The maximum Gasteiger partial charge on any atom is 0.222 e. The summed E-state index contributed by atoms with van der Waals surface area (Å²) < 4.78 is 12.0. The summed E-state index contributed by atoms with van der Waals surface area (Å²) in [4.78, 5) is 20.1. The van der Waals surface area contributed by atoms with Crippen LogP contribution in [0.3, 0.4) is 0 Å². The molecule has 0 aliphatic carbocycles. The quantitative estimate of drug-likeness (QED) is 0.419. The normalized spacial score (nSPS) is 13.2. The van der Waals surface area contributed by atoms with Crippen LogP contribution in [0.25, 0.3) is 0 Å². The maximum atomic E-state index is 11.4. The predicted octanol–water partition coefficient (Wildman–Crippen LogP) is 4.97. The van der Waals surface area contributed by atoms with Gasteiger partial charge in [-0.05, 0) is 37.9 Å². The second-order valence-corrected chi connectivity index (χ2v) is 14.3. The van der Waals surface area contributed by atoms with Gasteiger partial charge in [0, 0.05) is 25.5 Å². The van der Waals surface area contributed by atoms with Crippen LogP contribution in [0.15, 0.2) is 0 Å². The summed E-state index contributed by atoms with van der Waals surface area (Å²) in [7, 11) is -0.186. The van der Waals surface area contributed by atoms with Gasteiger partial charge in [-0.3, -0.25) is 0 Å². The molecule has 1 aromatic heterocycles. The van der Waals surface area contributed by atoms with Crippen molar-refractivity contribution in [2.45, 2.75) is 97.3 Å². The second-order valence-electron chi connectivity index (χ2n) is 9.49. The lowest BCUT2D eigenvalue weighted by Crippen LogP contribution is -2.41. The van der Waals surface area contributed by atoms with Gasteiger partial charge in [-0.15, -0.1) is 0 Å². The molecule has 1 atom stereocenters. The van der Waals surface area contributed by atoms with Crippen LogP contribution in [0.1, 0.15) is 72.4 Å². The summed E-state index contributed by atoms with van der Waals surface area (Å²) in [6.07, 6.45) is 4.99. The Morgan fingerprint density at radius 3 is 2.43 bits per heavy atom. The number of nitrogens with one attached hydrogen (secondary N) is 1. The monoisotopic (exact) mass is 438 g/mol. The fourth-order valence-corrected chi connectivity index (χ4v) is 3.96. The van der Waals surface area contributed by atoms with Gasteiger partial charge in [0.15, 0.2) is 19.9 Å². The summed E-state index contributed by atoms with van der Waals surface area (Å²) in [6.45, 7) is 15.8. The maximum absolute atomic E-state index is 11.4. The number of anilines is 2. The lowest BCUT2D eigenvalue weighted by Gasteiger charge is -2.36. The van der Waals surface area contributed by atoms with Crippen LogP contribution in [0.4, 0.5) is 11.8 Å². The van der Waals surface area contributed by atoms with E-state index in [1.54, 1.807) is 14.0 Å². The molecule has 1 aromatic rings. The van der Waals surface area contributed by atoms with Crippen LogP contribution < -0.4 is 15.8 Å². The predicted molar refractivity (Wildman–Crippen MR) is 127 cm³/mol. The van der Waals surface area contributed by atoms with E-state index in [9.17, 15) is 4.79 Å². The minimum atomic E-state index is -1.78. The summed E-state index contributed by atoms with van der Waals surface area (Å²) in [6, 6.07) is 0.193. The van der Waals surface area contributed by atoms with Gasteiger partial charge in [-0.25, -0.2) is 4.98 Å². The highest BCUT2D eigenvalue weighted by molar-refractivity contribution is 6.74. The highest BCUT2D eigenvalue weighted by Crippen LogP contribution is 2.36. The molecule has 8 heteroatoms. The number of ether oxygens (including phenoxy) is 1. The van der Waals surface area contributed by atoms with Gasteiger partial charge in [-0.1, -0.05) is 40.5 Å². The number of hydrogen-bond donors (Lipinski definition) is 2. The van der Waals surface area contributed by atoms with Crippen LogP contribution in [-0.2, 0) is 15.6 Å². The molecule has 0 radical (unpaired) electrons. The number of nitrogens with zero attached hydrogens (tertiary/aromatic N) is 2. The molecule has 30 heavy (non-hydrogen) atoms. The zero-order valence-corrected chi connectivity index (χ0v) is 21.2. The molecule has 0 fully saturated rings. The Bertz CT molecular complexity index is 690. The van der Waals surface area contributed by atoms with Crippen molar-refractivity contribution in [3.8, 4) is 5.75 Å². The number of nitrogen functional groups attached to an aromatic ring is 1. The average molecular weight is 439 g/mol. The van der Waals surface area contributed by atoms with E-state index in [0.29, 0.717) is 36.7 Å². The number of Topliss-reactive ketones (excluding diaryl/α,β-unsaturated/α-hetero) is 1. The Balaban J connectivity index is 2.97. The third-order valence-electron chi connectivity index (χ3n) is 5.85. The van der Waals surface area contributed by atoms with E-state index < -0.39 is 8.32 Å². The first kappa shape index (κ1) is 26.4. The molecule has 1 heterocycles. The smallest absolute Gasteiger partial charge is 0.222 e. The number of aromatic nitrogens is 2. The van der Waals surface area contributed by atoms with E-state index in [-0.39, 0.29) is 22.8 Å². The molecule has 0 spiro atoms. The second kappa shape index (κ2) is 11.6. The molecule has 0 saturated carbocycles. The lowest BCUT2D eigenvalue weighted by molar-refractivity contribution is -0.117. The molecule has 3 N–H and O–H groups in total. The van der Waals surface area contributed by atoms with E-state index in [1.807, 2.05) is 0 Å². The van der Waals surface area contributed by atoms with Crippen molar-refractivity contribution in [3.05, 3.63) is 5.69 Å². The largest absolute Gasteiger partial charge is 0.491 e. The third-order valence-corrected chi connectivity index (χ3v) is 10.4. The fourth-order valence-electron chi connectivity index (χ4n) is 2.90. The molecule has 172 valence electrons. The Hall–Kier alpha value is -1.67. The number of nitrogens with two attached hydrogens (primary N) is 1. The van der Waals surface area contributed by atoms with Gasteiger partial charge in [0.25, 0.3) is 0 Å². The molecule has 0 aromatic carbocycles. The zero-order chi connectivity index (χ0) is 22.9. The van der Waals surface area contributed by atoms with Crippen LogP contribution in [0, 0.1) is 0 Å². The van der Waals surface area contributed by atoms with E-state index in [1.165, 1.54) is 0 Å². The highest BCUT2D eigenvalue weighted by atomic mass is 28.4. The number of methoxy groups -OCH3 is 1. The topological polar surface area (TPSA) is 99.4 Å². The first-order valence-electron chi connectivity index (χ1n) is 11.0. The zero-order valence-electron chi connectivity index (χ0n) is 20.2. The van der Waals surface area contributed by atoms with Crippen molar-refractivity contribution in [1.29, 1.82) is 0 Å². The van der Waals surface area contributed by atoms with Crippen molar-refractivity contribution < 1.29 is 14.0 Å². The molecule has 0 saturated heterocycles. The van der Waals surface area contributed by atoms with Crippen LogP contribution in [0.5, 0.6) is 5.75 Å². The van der Waals surface area contributed by atoms with E-state index in [2.05, 4.69) is 56.1 Å². The highest BCUT2D eigenvalue weighted by Gasteiger charge is 2.37. The third kappa shape index (κ3) is 8.22. The first-order chi connectivity index (χ1) is 13.9. The van der Waals surface area contributed by atoms with Gasteiger partial charge in [0.05, 0.1) is 12.8 Å². The number of hydrogen-bond acceptors (Lipinski definition) is 7. The Labute approximate surface area is 183 Å². The van der Waals surface area contributed by atoms with Crippen molar-refractivity contribution >= 4 is 25.9 Å². The van der Waals surface area contributed by atoms with Crippen LogP contribution in [-0.4, -0.2) is 43.8 Å². The minimum Gasteiger partial charge on any atom is -0.491 e. The summed E-state index contributed by atoms with van der Waals surface area (Å²) in [5.74, 6) is 1.45. The van der Waals surface area contributed by atoms with Gasteiger partial charge in [0.2, 0.25) is 5.95 Å². The molecule has 0 unspecified atom stereocenters. The number of carbonyl (C=O) groups excluding carboxylic acids is 1. The molecule has 7 nitrogen and oxygen atoms in total. The molecule has 0 aliphatic rings. The van der Waals surface area contributed by atoms with E-state index >= 15 is 0 Å². The standard InChI is InChI=1S/C22H42N4O3Si/c1-9-10-11-17(14-15-29-30(7,8)22(3,4)5)24-20-19(28-6)18(13-12-16(2)27)25-21(23)26-20/h17H,9-15H2,1-8H3,(H3,23,24,25,26)/t17-/m0/s1. The number of unbranched alkanes of at least 4 members (excludes halogenated alkanes) is 1. The fraction of sp³-hybridized carbons (Fsp3) is 0.773. The minimum absolute atomic E-state index is 0.104. The van der Waals surface area contributed by atoms with Gasteiger partial charge in [-0.2, -0.15) is 4.98 Å². The summed E-state index contributed by atoms with van der Waals surface area (Å²) in [5.41, 5.74) is 6.61. The van der Waals surface area contributed by atoms with Crippen molar-refractivity contribution in [1.82, 2.24) is 9.97 Å². The van der Waals surface area contributed by atoms with Crippen molar-refractivity contribution in [3.63, 3.8) is 0 Å². The van der Waals surface area contributed by atoms with Crippen molar-refractivity contribution in [2.24, 2.45) is 0 Å². The number of ketones is 1. The van der Waals surface area contributed by atoms with E-state index in [0.717, 1.165) is 25.7 Å². The van der Waals surface area contributed by atoms with Gasteiger partial charge in [0.1, 0.15) is 5.78 Å².